The van der Waals surface area contributed by atoms with E-state index in [0.29, 0.717) is 23.0 Å². The predicted octanol–water partition coefficient (Wildman–Crippen LogP) is 8.13. The highest BCUT2D eigenvalue weighted by molar-refractivity contribution is 7.93. The van der Waals surface area contributed by atoms with Crippen molar-refractivity contribution in [1.29, 1.82) is 0 Å². The fraction of sp³-hybridized carbons (Fsp3) is 0.733. The van der Waals surface area contributed by atoms with E-state index in [9.17, 15) is 8.42 Å². The van der Waals surface area contributed by atoms with Crippen molar-refractivity contribution < 1.29 is 8.42 Å². The van der Waals surface area contributed by atoms with E-state index in [4.69, 9.17) is 0 Å². The van der Waals surface area contributed by atoms with Gasteiger partial charge in [-0.25, -0.2) is 8.42 Å². The van der Waals surface area contributed by atoms with Gasteiger partial charge in [-0.2, -0.15) is 0 Å². The first-order chi connectivity index (χ1) is 15.7. The Morgan fingerprint density at radius 1 is 1.09 bits per heavy atom. The fourth-order valence-corrected chi connectivity index (χ4v) is 9.12. The zero-order chi connectivity index (χ0) is 23.7. The van der Waals surface area contributed by atoms with Gasteiger partial charge in [0.15, 0.2) is 9.84 Å². The van der Waals surface area contributed by atoms with Crippen LogP contribution >= 0.6 is 0 Å². The number of allylic oxidation sites excluding steroid dienone is 6. The molecule has 0 aliphatic heterocycles. The molecule has 2 nitrogen and oxygen atoms in total. The van der Waals surface area contributed by atoms with Gasteiger partial charge in [-0.05, 0) is 106 Å². The molecule has 4 rings (SSSR count). The molecule has 0 aromatic carbocycles. The molecule has 0 amide bonds. The number of unbranched alkanes of at least 4 members (excludes halogenated alkanes) is 1. The third-order valence-corrected chi connectivity index (χ3v) is 12.2. The van der Waals surface area contributed by atoms with Gasteiger partial charge in [0.2, 0.25) is 0 Å². The van der Waals surface area contributed by atoms with Crippen LogP contribution in [-0.4, -0.2) is 18.9 Å². The maximum Gasteiger partial charge on any atom is 0.159 e. The number of hydrogen-bond donors (Lipinski definition) is 0. The van der Waals surface area contributed by atoms with Gasteiger partial charge < -0.3 is 0 Å². The number of rotatable bonds is 8. The molecule has 0 aromatic rings. The van der Waals surface area contributed by atoms with E-state index >= 15 is 0 Å². The molecule has 0 spiro atoms. The van der Waals surface area contributed by atoms with E-state index < -0.39 is 14.6 Å². The van der Waals surface area contributed by atoms with Gasteiger partial charge in [0.1, 0.15) is 0 Å². The summed E-state index contributed by atoms with van der Waals surface area (Å²) in [6.07, 6.45) is 23.7. The summed E-state index contributed by atoms with van der Waals surface area (Å²) in [4.78, 5) is 0. The number of fused-ring (bicyclic) bond motifs is 1. The van der Waals surface area contributed by atoms with Crippen molar-refractivity contribution in [2.24, 2.45) is 23.2 Å². The highest BCUT2D eigenvalue weighted by Crippen LogP contribution is 2.58. The first-order valence-electron chi connectivity index (χ1n) is 13.7. The summed E-state index contributed by atoms with van der Waals surface area (Å²) < 4.78 is 25.1. The summed E-state index contributed by atoms with van der Waals surface area (Å²) in [7, 11) is -2.99. The van der Waals surface area contributed by atoms with Crippen LogP contribution < -0.4 is 0 Å². The second kappa shape index (κ2) is 9.88. The van der Waals surface area contributed by atoms with E-state index in [1.807, 2.05) is 0 Å². The zero-order valence-corrected chi connectivity index (χ0v) is 22.2. The second-order valence-electron chi connectivity index (χ2n) is 11.9. The first kappa shape index (κ1) is 25.0. The lowest BCUT2D eigenvalue weighted by atomic mass is 9.63. The molecule has 0 saturated heterocycles. The summed E-state index contributed by atoms with van der Waals surface area (Å²) in [5.74, 6) is 2.50. The number of hydrogen-bond acceptors (Lipinski definition) is 2. The van der Waals surface area contributed by atoms with Crippen molar-refractivity contribution in [1.82, 2.24) is 0 Å². The third kappa shape index (κ3) is 5.14. The molecular weight excluding hydrogens is 424 g/mol. The molecule has 3 heteroatoms. The largest absolute Gasteiger partial charge is 0.228 e. The standard InChI is InChI=1S/C30H46O2S/c1-5-6-21-33(31,32)30(19-20-30)18-8-10-27-15-16-28-25(9-7-17-29(27,28)4)13-14-26-22-23(2)11-12-24(26)3/h8,13-14,18,23,27-28H,3,5-7,9-12,15-17,19-22H2,1-2,4H3/b18-8+,25-13+,26-14-/t23?,27-,28-,29+/m0/s1. The molecule has 4 aliphatic rings. The molecule has 0 heterocycles. The Hall–Kier alpha value is -1.09. The minimum atomic E-state index is -2.99. The Balaban J connectivity index is 1.43. The maximum absolute atomic E-state index is 12.8. The Labute approximate surface area is 203 Å². The van der Waals surface area contributed by atoms with Gasteiger partial charge >= 0.3 is 0 Å². The third-order valence-electron chi connectivity index (χ3n) is 9.59. The summed E-state index contributed by atoms with van der Waals surface area (Å²) in [6.45, 7) is 11.3. The zero-order valence-electron chi connectivity index (χ0n) is 21.4. The van der Waals surface area contributed by atoms with Crippen molar-refractivity contribution in [3.63, 3.8) is 0 Å². The van der Waals surface area contributed by atoms with Crippen molar-refractivity contribution in [2.75, 3.05) is 5.75 Å². The molecule has 33 heavy (non-hydrogen) atoms. The van der Waals surface area contributed by atoms with Crippen LogP contribution in [0.2, 0.25) is 0 Å². The van der Waals surface area contributed by atoms with E-state index in [-0.39, 0.29) is 0 Å². The molecule has 0 bridgehead atoms. The van der Waals surface area contributed by atoms with Gasteiger partial charge in [0.05, 0.1) is 10.5 Å². The predicted molar refractivity (Wildman–Crippen MR) is 141 cm³/mol. The quantitative estimate of drug-likeness (QED) is 0.336. The average Bonchev–Trinajstić information content (AvgIpc) is 3.51. The Bertz CT molecular complexity index is 930. The fourth-order valence-electron chi connectivity index (χ4n) is 7.02. The van der Waals surface area contributed by atoms with Gasteiger partial charge in [0, 0.05) is 0 Å². The van der Waals surface area contributed by atoms with Crippen LogP contribution in [0.15, 0.2) is 47.6 Å². The van der Waals surface area contributed by atoms with Crippen LogP contribution in [0.5, 0.6) is 0 Å². The SMILES string of the molecule is C=C1CCC(C)C/C1=C/C=C1\CCC[C@]2(C)[C@@H](C/C=C/C3(S(=O)(=O)CCCC)CC3)CC[C@@H]12. The van der Waals surface area contributed by atoms with Gasteiger partial charge in [-0.1, -0.05) is 69.2 Å². The molecule has 4 fully saturated rings. The molecule has 0 N–H and O–H groups in total. The average molecular weight is 471 g/mol. The molecule has 4 saturated carbocycles. The van der Waals surface area contributed by atoms with Crippen LogP contribution in [0.25, 0.3) is 0 Å². The van der Waals surface area contributed by atoms with Crippen molar-refractivity contribution >= 4 is 9.84 Å². The highest BCUT2D eigenvalue weighted by Gasteiger charge is 2.52. The molecule has 0 radical (unpaired) electrons. The normalized spacial score (nSPS) is 36.6. The minimum absolute atomic E-state index is 0.353. The summed E-state index contributed by atoms with van der Waals surface area (Å²) in [5.41, 5.74) is 4.85. The van der Waals surface area contributed by atoms with Crippen LogP contribution in [0, 0.1) is 23.2 Å². The Morgan fingerprint density at radius 3 is 2.61 bits per heavy atom. The van der Waals surface area contributed by atoms with Crippen LogP contribution in [0.4, 0.5) is 0 Å². The van der Waals surface area contributed by atoms with Crippen LogP contribution in [-0.2, 0) is 9.84 Å². The van der Waals surface area contributed by atoms with Crippen LogP contribution in [0.1, 0.15) is 104 Å². The van der Waals surface area contributed by atoms with E-state index in [1.54, 1.807) is 5.57 Å². The summed E-state index contributed by atoms with van der Waals surface area (Å²) in [6, 6.07) is 0. The second-order valence-corrected chi connectivity index (χ2v) is 14.4. The van der Waals surface area contributed by atoms with Gasteiger partial charge in [0.25, 0.3) is 0 Å². The van der Waals surface area contributed by atoms with Gasteiger partial charge in [-0.3, -0.25) is 0 Å². The maximum atomic E-state index is 12.8. The Kier molecular flexibility index (Phi) is 7.49. The molecular formula is C30H46O2S. The lowest BCUT2D eigenvalue weighted by Crippen LogP contribution is -2.33. The highest BCUT2D eigenvalue weighted by atomic mass is 32.2. The lowest BCUT2D eigenvalue weighted by Gasteiger charge is -2.42. The lowest BCUT2D eigenvalue weighted by molar-refractivity contribution is 0.137. The monoisotopic (exact) mass is 470 g/mol. The number of sulfone groups is 1. The Morgan fingerprint density at radius 2 is 1.88 bits per heavy atom. The minimum Gasteiger partial charge on any atom is -0.228 e. The van der Waals surface area contributed by atoms with Crippen LogP contribution in [0.3, 0.4) is 0 Å². The molecule has 184 valence electrons. The molecule has 4 atom stereocenters. The summed E-state index contributed by atoms with van der Waals surface area (Å²) in [5, 5.41) is 0. The summed E-state index contributed by atoms with van der Waals surface area (Å²) >= 11 is 0. The van der Waals surface area contributed by atoms with E-state index in [0.717, 1.165) is 44.4 Å². The molecule has 1 unspecified atom stereocenters. The van der Waals surface area contributed by atoms with E-state index in [1.165, 1.54) is 56.1 Å². The molecule has 4 aliphatic carbocycles. The van der Waals surface area contributed by atoms with Gasteiger partial charge in [-0.15, -0.1) is 0 Å². The first-order valence-corrected chi connectivity index (χ1v) is 15.3. The van der Waals surface area contributed by atoms with Crippen molar-refractivity contribution in [3.05, 3.63) is 47.6 Å². The molecule has 0 aromatic heterocycles. The van der Waals surface area contributed by atoms with Crippen molar-refractivity contribution in [3.8, 4) is 0 Å². The van der Waals surface area contributed by atoms with Crippen molar-refractivity contribution in [2.45, 2.75) is 109 Å². The van der Waals surface area contributed by atoms with E-state index in [2.05, 4.69) is 51.7 Å². The smallest absolute Gasteiger partial charge is 0.159 e. The topological polar surface area (TPSA) is 34.1 Å².